The predicted molar refractivity (Wildman–Crippen MR) is 101 cm³/mol. The van der Waals surface area contributed by atoms with Crippen LogP contribution >= 0.6 is 0 Å². The van der Waals surface area contributed by atoms with Gasteiger partial charge in [-0.2, -0.15) is 5.26 Å². The van der Waals surface area contributed by atoms with Crippen molar-refractivity contribution in [1.29, 1.82) is 5.26 Å². The number of rotatable bonds is 8. The highest BCUT2D eigenvalue weighted by Gasteiger charge is 2.10. The maximum Gasteiger partial charge on any atom is 0.261 e. The van der Waals surface area contributed by atoms with Crippen molar-refractivity contribution >= 4 is 12.0 Å². The molecule has 0 saturated carbocycles. The second kappa shape index (κ2) is 9.90. The van der Waals surface area contributed by atoms with Crippen LogP contribution < -0.4 is 14.8 Å². The molecule has 5 heteroatoms. The summed E-state index contributed by atoms with van der Waals surface area (Å²) >= 11 is 0. The Bertz CT molecular complexity index is 808. The number of ether oxygens (including phenoxy) is 2. The number of nitriles is 1. The lowest BCUT2D eigenvalue weighted by molar-refractivity contribution is -0.117. The first kappa shape index (κ1) is 19.1. The van der Waals surface area contributed by atoms with Crippen molar-refractivity contribution in [2.45, 2.75) is 20.0 Å². The van der Waals surface area contributed by atoms with E-state index in [1.807, 2.05) is 43.3 Å². The van der Waals surface area contributed by atoms with Crippen LogP contribution in [-0.4, -0.2) is 19.6 Å². The highest BCUT2D eigenvalue weighted by Crippen LogP contribution is 2.29. The van der Waals surface area contributed by atoms with Gasteiger partial charge in [0.1, 0.15) is 18.2 Å². The Labute approximate surface area is 153 Å². The molecule has 0 heterocycles. The summed E-state index contributed by atoms with van der Waals surface area (Å²) in [5.74, 6) is 0.765. The van der Waals surface area contributed by atoms with E-state index in [2.05, 4.69) is 5.32 Å². The van der Waals surface area contributed by atoms with Crippen LogP contribution in [0.15, 0.2) is 54.1 Å². The zero-order valence-electron chi connectivity index (χ0n) is 15.0. The van der Waals surface area contributed by atoms with E-state index in [9.17, 15) is 10.1 Å². The third-order valence-electron chi connectivity index (χ3n) is 3.64. The first-order chi connectivity index (χ1) is 12.7. The van der Waals surface area contributed by atoms with Crippen molar-refractivity contribution in [2.75, 3.05) is 13.7 Å². The van der Waals surface area contributed by atoms with Crippen LogP contribution in [0.4, 0.5) is 0 Å². The van der Waals surface area contributed by atoms with E-state index in [1.165, 1.54) is 6.08 Å². The minimum Gasteiger partial charge on any atom is -0.493 e. The van der Waals surface area contributed by atoms with E-state index in [4.69, 9.17) is 9.47 Å². The molecule has 1 amide bonds. The van der Waals surface area contributed by atoms with Crippen LogP contribution in [0.2, 0.25) is 0 Å². The van der Waals surface area contributed by atoms with E-state index < -0.39 is 0 Å². The second-order valence-electron chi connectivity index (χ2n) is 5.61. The zero-order valence-corrected chi connectivity index (χ0v) is 15.0. The van der Waals surface area contributed by atoms with Gasteiger partial charge < -0.3 is 14.8 Å². The summed E-state index contributed by atoms with van der Waals surface area (Å²) in [6.45, 7) is 2.91. The number of amides is 1. The van der Waals surface area contributed by atoms with Crippen molar-refractivity contribution in [3.63, 3.8) is 0 Å². The lowest BCUT2D eigenvalue weighted by Gasteiger charge is -2.11. The third kappa shape index (κ3) is 5.38. The molecule has 2 rings (SSSR count). The Hall–Kier alpha value is -3.26. The van der Waals surface area contributed by atoms with Gasteiger partial charge in [-0.25, -0.2) is 0 Å². The van der Waals surface area contributed by atoms with Gasteiger partial charge in [-0.05, 0) is 35.8 Å². The van der Waals surface area contributed by atoms with Crippen LogP contribution in [0.25, 0.3) is 6.08 Å². The molecule has 0 fully saturated rings. The van der Waals surface area contributed by atoms with E-state index in [0.29, 0.717) is 30.2 Å². The Morgan fingerprint density at radius 2 is 1.96 bits per heavy atom. The third-order valence-corrected chi connectivity index (χ3v) is 3.64. The number of nitrogens with zero attached hydrogens (tertiary/aromatic N) is 1. The van der Waals surface area contributed by atoms with E-state index in [-0.39, 0.29) is 11.5 Å². The van der Waals surface area contributed by atoms with Gasteiger partial charge in [0.2, 0.25) is 0 Å². The first-order valence-electron chi connectivity index (χ1n) is 8.42. The summed E-state index contributed by atoms with van der Waals surface area (Å²) < 4.78 is 11.2. The molecule has 0 bridgehead atoms. The fraction of sp³-hybridized carbons (Fsp3) is 0.238. The van der Waals surface area contributed by atoms with Gasteiger partial charge in [0.05, 0.1) is 7.11 Å². The largest absolute Gasteiger partial charge is 0.493 e. The normalized spacial score (nSPS) is 10.7. The Morgan fingerprint density at radius 1 is 1.19 bits per heavy atom. The van der Waals surface area contributed by atoms with Gasteiger partial charge in [0.15, 0.2) is 11.5 Å². The lowest BCUT2D eigenvalue weighted by Crippen LogP contribution is -2.25. The minimum atomic E-state index is -0.377. The molecule has 2 aromatic carbocycles. The molecule has 0 aromatic heterocycles. The standard InChI is InChI=1S/C21H22N2O3/c1-3-11-23-21(24)18(14-22)12-17-9-10-19(20(13-17)25-2)26-15-16-7-5-4-6-8-16/h4-10,12-13H,3,11,15H2,1-2H3,(H,23,24)/b18-12-. The summed E-state index contributed by atoms with van der Waals surface area (Å²) in [6.07, 6.45) is 2.35. The van der Waals surface area contributed by atoms with Gasteiger partial charge in [0, 0.05) is 6.54 Å². The van der Waals surface area contributed by atoms with Gasteiger partial charge >= 0.3 is 0 Å². The van der Waals surface area contributed by atoms with Crippen molar-refractivity contribution in [3.8, 4) is 17.6 Å². The fourth-order valence-corrected chi connectivity index (χ4v) is 2.28. The number of hydrogen-bond acceptors (Lipinski definition) is 4. The molecule has 0 saturated heterocycles. The predicted octanol–water partition coefficient (Wildman–Crippen LogP) is 3.71. The fourth-order valence-electron chi connectivity index (χ4n) is 2.28. The molecule has 0 aliphatic heterocycles. The number of hydrogen-bond donors (Lipinski definition) is 1. The van der Waals surface area contributed by atoms with Crippen molar-refractivity contribution in [2.24, 2.45) is 0 Å². The molecule has 0 atom stereocenters. The Balaban J connectivity index is 2.15. The minimum absolute atomic E-state index is 0.0541. The molecule has 0 unspecified atom stereocenters. The second-order valence-corrected chi connectivity index (χ2v) is 5.61. The highest BCUT2D eigenvalue weighted by molar-refractivity contribution is 6.01. The molecule has 26 heavy (non-hydrogen) atoms. The van der Waals surface area contributed by atoms with Crippen LogP contribution in [0.1, 0.15) is 24.5 Å². The molecular formula is C21H22N2O3. The number of nitrogens with one attached hydrogen (secondary N) is 1. The maximum absolute atomic E-state index is 12.0. The quantitative estimate of drug-likeness (QED) is 0.582. The van der Waals surface area contributed by atoms with Crippen molar-refractivity contribution in [3.05, 3.63) is 65.2 Å². The monoisotopic (exact) mass is 350 g/mol. The van der Waals surface area contributed by atoms with Gasteiger partial charge in [-0.15, -0.1) is 0 Å². The molecule has 2 aromatic rings. The summed E-state index contributed by atoms with van der Waals surface area (Å²) in [7, 11) is 1.55. The van der Waals surface area contributed by atoms with E-state index in [0.717, 1.165) is 12.0 Å². The van der Waals surface area contributed by atoms with Crippen LogP contribution in [0.5, 0.6) is 11.5 Å². The first-order valence-corrected chi connectivity index (χ1v) is 8.42. The van der Waals surface area contributed by atoms with Crippen molar-refractivity contribution < 1.29 is 14.3 Å². The van der Waals surface area contributed by atoms with Gasteiger partial charge in [0.25, 0.3) is 5.91 Å². The van der Waals surface area contributed by atoms with Crippen LogP contribution in [-0.2, 0) is 11.4 Å². The van der Waals surface area contributed by atoms with Crippen LogP contribution in [0.3, 0.4) is 0 Å². The Morgan fingerprint density at radius 3 is 2.62 bits per heavy atom. The Kier molecular flexibility index (Phi) is 7.26. The average molecular weight is 350 g/mol. The summed E-state index contributed by atoms with van der Waals surface area (Å²) in [5.41, 5.74) is 1.80. The van der Waals surface area contributed by atoms with Gasteiger partial charge in [-0.3, -0.25) is 4.79 Å². The summed E-state index contributed by atoms with van der Waals surface area (Å²) in [4.78, 5) is 12.0. The van der Waals surface area contributed by atoms with Crippen LogP contribution in [0, 0.1) is 11.3 Å². The topological polar surface area (TPSA) is 71.4 Å². The molecule has 5 nitrogen and oxygen atoms in total. The molecule has 0 radical (unpaired) electrons. The molecule has 0 spiro atoms. The average Bonchev–Trinajstić information content (AvgIpc) is 2.69. The lowest BCUT2D eigenvalue weighted by atomic mass is 10.1. The SMILES string of the molecule is CCCNC(=O)/C(C#N)=C\c1ccc(OCc2ccccc2)c(OC)c1. The smallest absolute Gasteiger partial charge is 0.261 e. The van der Waals surface area contributed by atoms with E-state index >= 15 is 0 Å². The summed E-state index contributed by atoms with van der Waals surface area (Å²) in [6, 6.07) is 17.1. The van der Waals surface area contributed by atoms with Crippen molar-refractivity contribution in [1.82, 2.24) is 5.32 Å². The number of methoxy groups -OCH3 is 1. The molecule has 1 N–H and O–H groups in total. The number of carbonyl (C=O) groups is 1. The molecular weight excluding hydrogens is 328 g/mol. The molecule has 0 aliphatic rings. The highest BCUT2D eigenvalue weighted by atomic mass is 16.5. The molecule has 0 aliphatic carbocycles. The van der Waals surface area contributed by atoms with Gasteiger partial charge in [-0.1, -0.05) is 43.3 Å². The zero-order chi connectivity index (χ0) is 18.8. The summed E-state index contributed by atoms with van der Waals surface area (Å²) in [5, 5.41) is 11.9. The number of benzene rings is 2. The number of carbonyl (C=O) groups excluding carboxylic acids is 1. The maximum atomic E-state index is 12.0. The molecule has 134 valence electrons. The van der Waals surface area contributed by atoms with E-state index in [1.54, 1.807) is 25.3 Å².